The molecule has 3 heterocycles. The van der Waals surface area contributed by atoms with Crippen LogP contribution in [0.2, 0.25) is 0 Å². The molecule has 178 valence electrons. The number of ether oxygens (including phenoxy) is 1. The standard InChI is InChI=1S/C24H25BINO6S/c1-3-12-7-16-20(24(30)27(23(16)29)11-14-5-4-6-34-14)15-10-18(33-25(31)21(12)15)13-8-17(26)22(28)19(9-13)32-2/h4-6,8-9,15-16,18,20,28,31H,3,7,10-11H2,1-2H3/t15-,16-,18-,20+/m0/s1. The number of hydrogen-bond donors (Lipinski definition) is 2. The number of thiophene rings is 1. The van der Waals surface area contributed by atoms with E-state index >= 15 is 0 Å². The summed E-state index contributed by atoms with van der Waals surface area (Å²) >= 11 is 3.56. The van der Waals surface area contributed by atoms with E-state index in [0.29, 0.717) is 35.1 Å². The summed E-state index contributed by atoms with van der Waals surface area (Å²) in [5, 5.41) is 23.2. The first-order valence-electron chi connectivity index (χ1n) is 11.3. The first-order valence-corrected chi connectivity index (χ1v) is 13.3. The molecule has 5 rings (SSSR count). The highest BCUT2D eigenvalue weighted by Crippen LogP contribution is 2.52. The summed E-state index contributed by atoms with van der Waals surface area (Å²) < 4.78 is 12.0. The number of hydrogen-bond acceptors (Lipinski definition) is 7. The van der Waals surface area contributed by atoms with E-state index in [-0.39, 0.29) is 23.5 Å². The van der Waals surface area contributed by atoms with Crippen LogP contribution < -0.4 is 4.74 Å². The molecule has 0 unspecified atom stereocenters. The number of methoxy groups -OCH3 is 1. The van der Waals surface area contributed by atoms with Crippen LogP contribution in [0.5, 0.6) is 11.5 Å². The Morgan fingerprint density at radius 2 is 2.09 bits per heavy atom. The van der Waals surface area contributed by atoms with Gasteiger partial charge < -0.3 is 19.5 Å². The number of phenolic OH excluding ortho intramolecular Hbond substituents is 1. The van der Waals surface area contributed by atoms with Crippen LogP contribution in [-0.4, -0.2) is 41.1 Å². The van der Waals surface area contributed by atoms with Crippen LogP contribution in [0.25, 0.3) is 0 Å². The molecule has 1 aliphatic carbocycles. The van der Waals surface area contributed by atoms with Gasteiger partial charge in [-0.3, -0.25) is 14.5 Å². The number of rotatable bonds is 5. The third-order valence-corrected chi connectivity index (χ3v) is 8.95. The van der Waals surface area contributed by atoms with Crippen molar-refractivity contribution in [3.63, 3.8) is 0 Å². The predicted molar refractivity (Wildman–Crippen MR) is 136 cm³/mol. The quantitative estimate of drug-likeness (QED) is 0.309. The highest BCUT2D eigenvalue weighted by molar-refractivity contribution is 14.1. The average molecular weight is 593 g/mol. The number of fused-ring (bicyclic) bond motifs is 3. The lowest BCUT2D eigenvalue weighted by molar-refractivity contribution is -0.140. The lowest BCUT2D eigenvalue weighted by atomic mass is 9.55. The van der Waals surface area contributed by atoms with E-state index in [1.54, 1.807) is 12.1 Å². The molecule has 2 saturated heterocycles. The molecule has 1 aromatic carbocycles. The Morgan fingerprint density at radius 1 is 1.29 bits per heavy atom. The van der Waals surface area contributed by atoms with Crippen molar-refractivity contribution in [1.29, 1.82) is 0 Å². The number of imide groups is 1. The van der Waals surface area contributed by atoms with Crippen molar-refractivity contribution >= 4 is 52.9 Å². The van der Waals surface area contributed by atoms with Gasteiger partial charge in [0, 0.05) is 4.88 Å². The summed E-state index contributed by atoms with van der Waals surface area (Å²) in [4.78, 5) is 29.3. The smallest absolute Gasteiger partial charge is 0.487 e. The van der Waals surface area contributed by atoms with Crippen LogP contribution in [0.1, 0.15) is 42.7 Å². The number of aromatic hydroxyl groups is 1. The Hall–Kier alpha value is -1.89. The second kappa shape index (κ2) is 9.29. The zero-order valence-corrected chi connectivity index (χ0v) is 21.8. The minimum atomic E-state index is -1.15. The minimum absolute atomic E-state index is 0.0515. The number of phenols is 1. The topological polar surface area (TPSA) is 96.3 Å². The third kappa shape index (κ3) is 3.88. The van der Waals surface area contributed by atoms with E-state index in [0.717, 1.165) is 21.5 Å². The maximum atomic E-state index is 13.6. The average Bonchev–Trinajstić information content (AvgIpc) is 3.42. The normalized spacial score (nSPS) is 26.7. The molecule has 2 amide bonds. The molecule has 0 saturated carbocycles. The van der Waals surface area contributed by atoms with Gasteiger partial charge in [-0.1, -0.05) is 18.6 Å². The van der Waals surface area contributed by atoms with Gasteiger partial charge in [-0.2, -0.15) is 0 Å². The fraction of sp³-hybridized carbons (Fsp3) is 0.417. The third-order valence-electron chi connectivity index (χ3n) is 7.27. The SMILES string of the molecule is CCC1=C2B(O)O[C@H](c3cc(I)c(O)c(OC)c3)C[C@H]2[C@H]2C(=O)N(Cc3cccs3)C(=O)[C@H]2C1. The van der Waals surface area contributed by atoms with Crippen LogP contribution >= 0.6 is 33.9 Å². The molecule has 3 aliphatic rings. The van der Waals surface area contributed by atoms with Gasteiger partial charge in [-0.15, -0.1) is 11.3 Å². The highest BCUT2D eigenvalue weighted by Gasteiger charge is 2.57. The fourth-order valence-electron chi connectivity index (χ4n) is 5.68. The maximum Gasteiger partial charge on any atom is 0.487 e. The molecule has 0 bridgehead atoms. The number of likely N-dealkylation sites (tertiary alicyclic amines) is 1. The van der Waals surface area contributed by atoms with Crippen molar-refractivity contribution in [1.82, 2.24) is 4.90 Å². The zero-order chi connectivity index (χ0) is 24.1. The van der Waals surface area contributed by atoms with Crippen LogP contribution in [0.15, 0.2) is 40.7 Å². The maximum absolute atomic E-state index is 13.6. The van der Waals surface area contributed by atoms with Crippen LogP contribution in [0, 0.1) is 21.3 Å². The van der Waals surface area contributed by atoms with Gasteiger partial charge in [0.05, 0.1) is 35.2 Å². The Kier molecular flexibility index (Phi) is 6.51. The van der Waals surface area contributed by atoms with Crippen molar-refractivity contribution in [3.05, 3.63) is 54.7 Å². The largest absolute Gasteiger partial charge is 0.504 e. The van der Waals surface area contributed by atoms with Crippen LogP contribution in [-0.2, 0) is 20.8 Å². The molecule has 2 fully saturated rings. The number of carbonyl (C=O) groups is 2. The Morgan fingerprint density at radius 3 is 2.76 bits per heavy atom. The second-order valence-corrected chi connectivity index (χ2v) is 11.2. The highest BCUT2D eigenvalue weighted by atomic mass is 127. The Balaban J connectivity index is 1.51. The van der Waals surface area contributed by atoms with Crippen LogP contribution in [0.4, 0.5) is 0 Å². The second-order valence-electron chi connectivity index (χ2n) is 8.96. The number of nitrogens with zero attached hydrogens (tertiary/aromatic N) is 1. The lowest BCUT2D eigenvalue weighted by Gasteiger charge is -2.42. The van der Waals surface area contributed by atoms with Gasteiger partial charge in [0.25, 0.3) is 0 Å². The van der Waals surface area contributed by atoms with Crippen LogP contribution in [0.3, 0.4) is 0 Å². The summed E-state index contributed by atoms with van der Waals surface area (Å²) in [6.45, 7) is 2.30. The van der Waals surface area contributed by atoms with E-state index in [9.17, 15) is 19.7 Å². The van der Waals surface area contributed by atoms with E-state index in [1.807, 2.05) is 47.0 Å². The van der Waals surface area contributed by atoms with Crippen molar-refractivity contribution in [2.75, 3.05) is 7.11 Å². The summed E-state index contributed by atoms with van der Waals surface area (Å²) in [6.07, 6.45) is 1.14. The molecule has 7 nitrogen and oxygen atoms in total. The lowest BCUT2D eigenvalue weighted by Crippen LogP contribution is -2.44. The summed E-state index contributed by atoms with van der Waals surface area (Å²) in [5.41, 5.74) is 2.53. The first kappa shape index (κ1) is 23.8. The molecular formula is C24H25BINO6S. The van der Waals surface area contributed by atoms with E-state index in [2.05, 4.69) is 0 Å². The molecule has 1 aromatic heterocycles. The molecule has 4 atom stereocenters. The summed E-state index contributed by atoms with van der Waals surface area (Å²) in [7, 11) is 0.336. The molecule has 0 radical (unpaired) electrons. The minimum Gasteiger partial charge on any atom is -0.504 e. The monoisotopic (exact) mass is 593 g/mol. The van der Waals surface area contributed by atoms with E-state index in [1.165, 1.54) is 23.3 Å². The van der Waals surface area contributed by atoms with Gasteiger partial charge in [0.2, 0.25) is 11.8 Å². The molecule has 0 spiro atoms. The number of amides is 2. The Bertz CT molecular complexity index is 1170. The van der Waals surface area contributed by atoms with Crippen molar-refractivity contribution in [2.45, 2.75) is 38.8 Å². The number of halogens is 1. The summed E-state index contributed by atoms with van der Waals surface area (Å²) in [6, 6.07) is 7.35. The van der Waals surface area contributed by atoms with Gasteiger partial charge in [0.1, 0.15) is 0 Å². The fourth-order valence-corrected chi connectivity index (χ4v) is 7.00. The van der Waals surface area contributed by atoms with Crippen molar-refractivity contribution in [2.24, 2.45) is 17.8 Å². The molecule has 10 heteroatoms. The number of benzene rings is 1. The number of carbonyl (C=O) groups excluding carboxylic acids is 2. The molecule has 2 aliphatic heterocycles. The van der Waals surface area contributed by atoms with E-state index in [4.69, 9.17) is 9.39 Å². The number of allylic oxidation sites excluding steroid dienone is 2. The predicted octanol–water partition coefficient (Wildman–Crippen LogP) is 4.08. The Labute approximate surface area is 216 Å². The molecule has 34 heavy (non-hydrogen) atoms. The molecular weight excluding hydrogens is 568 g/mol. The van der Waals surface area contributed by atoms with Gasteiger partial charge in [-0.05, 0) is 82.4 Å². The van der Waals surface area contributed by atoms with Crippen molar-refractivity contribution < 1.29 is 29.1 Å². The zero-order valence-electron chi connectivity index (χ0n) is 18.9. The van der Waals surface area contributed by atoms with E-state index < -0.39 is 25.1 Å². The van der Waals surface area contributed by atoms with Crippen molar-refractivity contribution in [3.8, 4) is 11.5 Å². The van der Waals surface area contributed by atoms with Gasteiger partial charge >= 0.3 is 7.12 Å². The molecule has 2 N–H and O–H groups in total. The molecule has 2 aromatic rings. The first-order chi connectivity index (χ1) is 16.3. The van der Waals surface area contributed by atoms with Gasteiger partial charge in [0.15, 0.2) is 11.5 Å². The summed E-state index contributed by atoms with van der Waals surface area (Å²) in [5.74, 6) is -1.10. The van der Waals surface area contributed by atoms with Gasteiger partial charge in [-0.25, -0.2) is 0 Å².